The maximum absolute atomic E-state index is 11.3. The van der Waals surface area contributed by atoms with E-state index in [9.17, 15) is 9.59 Å². The third kappa shape index (κ3) is 18.2. The number of nitrogens with zero attached hydrogens (tertiary/aromatic N) is 2. The Morgan fingerprint density at radius 3 is 1.94 bits per heavy atom. The molecule has 1 aromatic carbocycles. The Kier molecular flexibility index (Phi) is 24.4. The molecule has 1 amide bonds. The summed E-state index contributed by atoms with van der Waals surface area (Å²) in [6.45, 7) is 14.3. The van der Waals surface area contributed by atoms with Crippen molar-refractivity contribution < 1.29 is 23.9 Å². The molecule has 0 aliphatic carbocycles. The van der Waals surface area contributed by atoms with E-state index in [1.165, 1.54) is 20.4 Å². The van der Waals surface area contributed by atoms with Crippen LogP contribution in [-0.4, -0.2) is 70.3 Å². The predicted molar refractivity (Wildman–Crippen MR) is 148 cm³/mol. The second-order valence-electron chi connectivity index (χ2n) is 7.98. The van der Waals surface area contributed by atoms with Gasteiger partial charge in [0.25, 0.3) is 6.47 Å². The van der Waals surface area contributed by atoms with Crippen LogP contribution in [-0.2, 0) is 23.9 Å². The fourth-order valence-electron chi connectivity index (χ4n) is 2.15. The molecule has 0 aliphatic rings. The van der Waals surface area contributed by atoms with Crippen LogP contribution in [0.2, 0.25) is 0 Å². The Morgan fingerprint density at radius 1 is 1.11 bits per heavy atom. The van der Waals surface area contributed by atoms with E-state index in [1.54, 1.807) is 19.1 Å². The summed E-state index contributed by atoms with van der Waals surface area (Å²) < 4.78 is 9.07. The lowest BCUT2D eigenvalue weighted by Crippen LogP contribution is -2.46. The number of rotatable bonds is 10. The van der Waals surface area contributed by atoms with Crippen LogP contribution in [0.4, 0.5) is 0 Å². The van der Waals surface area contributed by atoms with Crippen LogP contribution < -0.4 is 11.1 Å². The van der Waals surface area contributed by atoms with E-state index < -0.39 is 0 Å². The van der Waals surface area contributed by atoms with Crippen LogP contribution in [0.3, 0.4) is 0 Å². The van der Waals surface area contributed by atoms with E-state index >= 15 is 0 Å². The lowest BCUT2D eigenvalue weighted by atomic mass is 10.0. The van der Waals surface area contributed by atoms with E-state index in [-0.39, 0.29) is 23.9 Å². The van der Waals surface area contributed by atoms with Crippen molar-refractivity contribution in [3.63, 3.8) is 0 Å². The molecule has 0 heterocycles. The molecule has 0 bridgehead atoms. The van der Waals surface area contributed by atoms with Gasteiger partial charge < -0.3 is 25.5 Å². The molecular weight excluding hydrogens is 460 g/mol. The number of nitrogens with two attached hydrogens (primary N) is 1. The maximum atomic E-state index is 11.3. The SMILES string of the molecule is CC.CCC(C)NC(=O)C(N)C(C)C.COC(/C=N\N(C)C)=C(/C=O)c1ccc(C)cc1.COC=O. The number of hydrogen-bond donors (Lipinski definition) is 2. The summed E-state index contributed by atoms with van der Waals surface area (Å²) in [5, 5.41) is 8.56. The second-order valence-corrected chi connectivity index (χ2v) is 7.98. The first-order chi connectivity index (χ1) is 17.0. The zero-order valence-electron chi connectivity index (χ0n) is 24.0. The smallest absolute Gasteiger partial charge is 0.292 e. The molecule has 2 unspecified atom stereocenters. The molecule has 0 radical (unpaired) electrons. The van der Waals surface area contributed by atoms with Crippen LogP contribution >= 0.6 is 0 Å². The lowest BCUT2D eigenvalue weighted by molar-refractivity contribution is -0.126. The van der Waals surface area contributed by atoms with Gasteiger partial charge in [0.05, 0.1) is 32.0 Å². The first-order valence-electron chi connectivity index (χ1n) is 12.0. The van der Waals surface area contributed by atoms with Crippen molar-refractivity contribution >= 4 is 30.5 Å². The van der Waals surface area contributed by atoms with Crippen LogP contribution in [0.5, 0.6) is 0 Å². The third-order valence-corrected chi connectivity index (χ3v) is 4.49. The predicted octanol–water partition coefficient (Wildman–Crippen LogP) is 3.80. The quantitative estimate of drug-likeness (QED) is 0.162. The van der Waals surface area contributed by atoms with Gasteiger partial charge in [0.1, 0.15) is 5.76 Å². The average Bonchev–Trinajstić information content (AvgIpc) is 2.88. The van der Waals surface area contributed by atoms with Gasteiger partial charge in [-0.05, 0) is 31.7 Å². The van der Waals surface area contributed by atoms with E-state index in [0.29, 0.717) is 17.8 Å². The Morgan fingerprint density at radius 2 is 1.61 bits per heavy atom. The highest BCUT2D eigenvalue weighted by atomic mass is 16.5. The summed E-state index contributed by atoms with van der Waals surface area (Å²) in [6.07, 6.45) is 3.26. The molecule has 0 aliphatic heterocycles. The van der Waals surface area contributed by atoms with E-state index in [2.05, 4.69) is 15.2 Å². The molecule has 206 valence electrons. The number of allylic oxidation sites excluding steroid dienone is 2. The summed E-state index contributed by atoms with van der Waals surface area (Å²) in [4.78, 5) is 31.5. The Hall–Kier alpha value is -3.20. The minimum atomic E-state index is -0.376. The standard InChI is InChI=1S/C14H18N2O2.C9H20N2O.C2H4O2.C2H6/c1-11-5-7-12(8-6-11)13(10-17)14(18-4)9-15-16(2)3;1-5-7(4)11-9(12)8(10)6(2)3;1-4-2-3;1-2/h5-10H,1-4H3;6-8H,5,10H2,1-4H3,(H,11,12);2H,1H3;1-2H3/b14-13-,15-9-;;;. The highest BCUT2D eigenvalue weighted by Crippen LogP contribution is 2.17. The van der Waals surface area contributed by atoms with Gasteiger partial charge in [-0.1, -0.05) is 64.4 Å². The molecule has 9 nitrogen and oxygen atoms in total. The van der Waals surface area contributed by atoms with Crippen molar-refractivity contribution in [3.05, 3.63) is 41.2 Å². The zero-order valence-corrected chi connectivity index (χ0v) is 24.0. The van der Waals surface area contributed by atoms with Gasteiger partial charge in [-0.15, -0.1) is 0 Å². The molecule has 0 saturated carbocycles. The normalized spacial score (nSPS) is 12.1. The van der Waals surface area contributed by atoms with Gasteiger partial charge in [-0.3, -0.25) is 14.4 Å². The van der Waals surface area contributed by atoms with Gasteiger partial charge in [0.2, 0.25) is 5.91 Å². The number of carbonyl (C=O) groups excluding carboxylic acids is 3. The minimum Gasteiger partial charge on any atom is -0.494 e. The molecule has 0 fully saturated rings. The molecule has 0 spiro atoms. The number of methoxy groups -OCH3 is 2. The molecule has 1 aromatic rings. The average molecular weight is 509 g/mol. The third-order valence-electron chi connectivity index (χ3n) is 4.49. The topological polar surface area (TPSA) is 123 Å². The Bertz CT molecular complexity index is 775. The van der Waals surface area contributed by atoms with Crippen molar-refractivity contribution in [3.8, 4) is 0 Å². The summed E-state index contributed by atoms with van der Waals surface area (Å²) in [5.41, 5.74) is 8.10. The monoisotopic (exact) mass is 508 g/mol. The summed E-state index contributed by atoms with van der Waals surface area (Å²) >= 11 is 0. The van der Waals surface area contributed by atoms with Gasteiger partial charge in [0, 0.05) is 20.1 Å². The van der Waals surface area contributed by atoms with E-state index in [0.717, 1.165) is 23.8 Å². The highest BCUT2D eigenvalue weighted by molar-refractivity contribution is 6.13. The van der Waals surface area contributed by atoms with Crippen molar-refractivity contribution in [2.24, 2.45) is 16.8 Å². The molecule has 1 rings (SSSR count). The van der Waals surface area contributed by atoms with Gasteiger partial charge in [0.15, 0.2) is 6.29 Å². The van der Waals surface area contributed by atoms with Crippen LogP contribution in [0.1, 0.15) is 59.1 Å². The number of aryl methyl sites for hydroxylation is 1. The highest BCUT2D eigenvalue weighted by Gasteiger charge is 2.17. The number of hydrazone groups is 1. The van der Waals surface area contributed by atoms with Crippen LogP contribution in [0, 0.1) is 12.8 Å². The number of ether oxygens (including phenoxy) is 2. The number of hydrogen-bond acceptors (Lipinski definition) is 8. The first kappa shape index (κ1) is 37.4. The minimum absolute atomic E-state index is 0.0423. The van der Waals surface area contributed by atoms with Gasteiger partial charge in [-0.2, -0.15) is 5.10 Å². The lowest BCUT2D eigenvalue weighted by Gasteiger charge is -2.18. The molecule has 9 heteroatoms. The van der Waals surface area contributed by atoms with Crippen molar-refractivity contribution in [1.29, 1.82) is 0 Å². The van der Waals surface area contributed by atoms with Crippen molar-refractivity contribution in [2.45, 2.75) is 67.0 Å². The Labute approximate surface area is 218 Å². The summed E-state index contributed by atoms with van der Waals surface area (Å²) in [5.74, 6) is 0.607. The fourth-order valence-corrected chi connectivity index (χ4v) is 2.15. The zero-order chi connectivity index (χ0) is 28.7. The number of nitrogens with one attached hydrogen (secondary N) is 1. The van der Waals surface area contributed by atoms with Crippen LogP contribution in [0.15, 0.2) is 35.1 Å². The number of carbonyl (C=O) groups is 3. The largest absolute Gasteiger partial charge is 0.494 e. The van der Waals surface area contributed by atoms with Crippen LogP contribution in [0.25, 0.3) is 5.57 Å². The van der Waals surface area contributed by atoms with E-state index in [4.69, 9.17) is 15.3 Å². The molecule has 2 atom stereocenters. The second kappa shape index (κ2) is 23.5. The molecule has 0 aromatic heterocycles. The van der Waals surface area contributed by atoms with Gasteiger partial charge in [-0.25, -0.2) is 0 Å². The van der Waals surface area contributed by atoms with Crippen molar-refractivity contribution in [1.82, 2.24) is 10.3 Å². The molecule has 36 heavy (non-hydrogen) atoms. The molecule has 3 N–H and O–H groups in total. The van der Waals surface area contributed by atoms with Crippen molar-refractivity contribution in [2.75, 3.05) is 28.3 Å². The first-order valence-corrected chi connectivity index (χ1v) is 12.0. The van der Waals surface area contributed by atoms with Gasteiger partial charge >= 0.3 is 0 Å². The maximum Gasteiger partial charge on any atom is 0.292 e. The summed E-state index contributed by atoms with van der Waals surface area (Å²) in [6, 6.07) is 7.54. The number of aldehydes is 1. The molecule has 0 saturated heterocycles. The summed E-state index contributed by atoms with van der Waals surface area (Å²) in [7, 11) is 6.44. The number of benzene rings is 1. The number of amides is 1. The molecular formula is C27H48N4O5. The Balaban J connectivity index is -0.000000522. The fraction of sp³-hybridized carbons (Fsp3) is 0.556. The van der Waals surface area contributed by atoms with E-state index in [1.807, 2.05) is 72.7 Å².